The van der Waals surface area contributed by atoms with Crippen molar-refractivity contribution < 1.29 is 0 Å². The van der Waals surface area contributed by atoms with Crippen LogP contribution in [0.2, 0.25) is 0 Å². The topological polar surface area (TPSA) is 33.4 Å². The Balaban J connectivity index is 1.83. The number of hydrogen-bond donors (Lipinski definition) is 0. The van der Waals surface area contributed by atoms with E-state index in [1.165, 1.54) is 49.8 Å². The number of aryl methyl sites for hydroxylation is 1. The Labute approximate surface area is 133 Å². The summed E-state index contributed by atoms with van der Waals surface area (Å²) in [5.41, 5.74) is 3.40. The van der Waals surface area contributed by atoms with Gasteiger partial charge in [0.05, 0.1) is 5.69 Å². The van der Waals surface area contributed by atoms with Crippen molar-refractivity contribution in [2.45, 2.75) is 65.2 Å². The predicted octanol–water partition coefficient (Wildman–Crippen LogP) is 4.32. The van der Waals surface area contributed by atoms with Crippen molar-refractivity contribution in [2.75, 3.05) is 18.0 Å². The van der Waals surface area contributed by atoms with Gasteiger partial charge in [-0.1, -0.05) is 33.1 Å². The van der Waals surface area contributed by atoms with E-state index in [-0.39, 0.29) is 0 Å². The number of hydrogen-bond acceptors (Lipinski definition) is 3. The molecule has 0 N–H and O–H groups in total. The quantitative estimate of drug-likeness (QED) is 0.745. The molecule has 2 aromatic heterocycles. The summed E-state index contributed by atoms with van der Waals surface area (Å²) in [6, 6.07) is 2.18. The van der Waals surface area contributed by atoms with Gasteiger partial charge in [0.1, 0.15) is 5.82 Å². The second-order valence-electron chi connectivity index (χ2n) is 6.71. The lowest BCUT2D eigenvalue weighted by atomic mass is 10.0. The van der Waals surface area contributed by atoms with Crippen LogP contribution in [0.15, 0.2) is 12.3 Å². The average Bonchev–Trinajstić information content (AvgIpc) is 3.15. The van der Waals surface area contributed by atoms with Crippen LogP contribution in [0.3, 0.4) is 0 Å². The molecule has 1 aliphatic rings. The number of aromatic nitrogens is 3. The summed E-state index contributed by atoms with van der Waals surface area (Å²) >= 11 is 0. The van der Waals surface area contributed by atoms with E-state index in [0.717, 1.165) is 24.6 Å². The molecular formula is C18H28N4. The third-order valence-corrected chi connectivity index (χ3v) is 4.78. The van der Waals surface area contributed by atoms with Crippen molar-refractivity contribution in [1.29, 1.82) is 0 Å². The first kappa shape index (κ1) is 15.3. The Morgan fingerprint density at radius 1 is 1.23 bits per heavy atom. The summed E-state index contributed by atoms with van der Waals surface area (Å²) in [6.07, 6.45) is 9.80. The lowest BCUT2D eigenvalue weighted by Gasteiger charge is -2.18. The molecule has 1 atom stereocenters. The zero-order valence-electron chi connectivity index (χ0n) is 14.2. The first-order valence-corrected chi connectivity index (χ1v) is 8.81. The van der Waals surface area contributed by atoms with Crippen LogP contribution in [0.1, 0.15) is 69.5 Å². The van der Waals surface area contributed by atoms with E-state index in [9.17, 15) is 0 Å². The molecule has 3 heterocycles. The lowest BCUT2D eigenvalue weighted by molar-refractivity contribution is 0.584. The molecule has 3 rings (SSSR count). The van der Waals surface area contributed by atoms with Gasteiger partial charge in [0.15, 0.2) is 5.65 Å². The maximum atomic E-state index is 4.88. The molecule has 22 heavy (non-hydrogen) atoms. The number of anilines is 1. The van der Waals surface area contributed by atoms with E-state index in [0.29, 0.717) is 5.92 Å². The fourth-order valence-electron chi connectivity index (χ4n) is 3.36. The third kappa shape index (κ3) is 3.11. The van der Waals surface area contributed by atoms with E-state index < -0.39 is 0 Å². The van der Waals surface area contributed by atoms with Crippen molar-refractivity contribution in [3.63, 3.8) is 0 Å². The van der Waals surface area contributed by atoms with E-state index in [4.69, 9.17) is 10.1 Å². The van der Waals surface area contributed by atoms with Gasteiger partial charge >= 0.3 is 0 Å². The minimum Gasteiger partial charge on any atom is -0.356 e. The van der Waals surface area contributed by atoms with Gasteiger partial charge < -0.3 is 4.90 Å². The normalized spacial score (nSPS) is 16.6. The lowest BCUT2D eigenvalue weighted by Crippen LogP contribution is -2.20. The zero-order valence-corrected chi connectivity index (χ0v) is 14.2. The molecule has 4 heteroatoms. The van der Waals surface area contributed by atoms with Gasteiger partial charge in [-0.3, -0.25) is 0 Å². The smallest absolute Gasteiger partial charge is 0.157 e. The molecular weight excluding hydrogens is 272 g/mol. The second-order valence-corrected chi connectivity index (χ2v) is 6.71. The molecule has 1 saturated heterocycles. The van der Waals surface area contributed by atoms with Crippen LogP contribution in [-0.4, -0.2) is 27.7 Å². The summed E-state index contributed by atoms with van der Waals surface area (Å²) in [6.45, 7) is 8.96. The van der Waals surface area contributed by atoms with Gasteiger partial charge in [0, 0.05) is 36.8 Å². The van der Waals surface area contributed by atoms with Crippen LogP contribution in [-0.2, 0) is 0 Å². The standard InChI is InChI=1S/C18H28N4/c1-4-5-6-9-14(2)16-12-17-19-18(21-10-7-8-11-21)15(3)13-22(17)20-16/h12-14H,4-11H2,1-3H3. The van der Waals surface area contributed by atoms with Crippen LogP contribution in [0.25, 0.3) is 5.65 Å². The van der Waals surface area contributed by atoms with Gasteiger partial charge in [-0.05, 0) is 26.2 Å². The molecule has 0 saturated carbocycles. The average molecular weight is 300 g/mol. The maximum Gasteiger partial charge on any atom is 0.157 e. The van der Waals surface area contributed by atoms with E-state index >= 15 is 0 Å². The first-order valence-electron chi connectivity index (χ1n) is 8.81. The Hall–Kier alpha value is -1.58. The van der Waals surface area contributed by atoms with Crippen LogP contribution in [0.4, 0.5) is 5.82 Å². The highest BCUT2D eigenvalue weighted by Gasteiger charge is 2.18. The monoisotopic (exact) mass is 300 g/mol. The zero-order chi connectivity index (χ0) is 15.5. The number of fused-ring (bicyclic) bond motifs is 1. The summed E-state index contributed by atoms with van der Waals surface area (Å²) in [5.74, 6) is 1.67. The molecule has 1 unspecified atom stereocenters. The molecule has 0 amide bonds. The molecule has 1 aliphatic heterocycles. The number of unbranched alkanes of at least 4 members (excludes halogenated alkanes) is 2. The molecule has 120 valence electrons. The molecule has 4 nitrogen and oxygen atoms in total. The molecule has 0 radical (unpaired) electrons. The predicted molar refractivity (Wildman–Crippen MR) is 91.7 cm³/mol. The SMILES string of the molecule is CCCCCC(C)c1cc2nc(N3CCCC3)c(C)cn2n1. The Kier molecular flexibility index (Phi) is 4.65. The number of rotatable bonds is 6. The van der Waals surface area contributed by atoms with Gasteiger partial charge in [-0.2, -0.15) is 5.10 Å². The Bertz CT molecular complexity index is 625. The summed E-state index contributed by atoms with van der Waals surface area (Å²) in [5, 5.41) is 4.76. The third-order valence-electron chi connectivity index (χ3n) is 4.78. The minimum atomic E-state index is 0.517. The summed E-state index contributed by atoms with van der Waals surface area (Å²) < 4.78 is 1.96. The molecule has 1 fully saturated rings. The molecule has 0 spiro atoms. The Morgan fingerprint density at radius 3 is 2.73 bits per heavy atom. The van der Waals surface area contributed by atoms with Crippen molar-refractivity contribution in [3.8, 4) is 0 Å². The van der Waals surface area contributed by atoms with E-state index in [1.807, 2.05) is 4.52 Å². The van der Waals surface area contributed by atoms with E-state index in [1.54, 1.807) is 0 Å². The highest BCUT2D eigenvalue weighted by Crippen LogP contribution is 2.25. The summed E-state index contributed by atoms with van der Waals surface area (Å²) in [7, 11) is 0. The van der Waals surface area contributed by atoms with Gasteiger partial charge in [0.2, 0.25) is 0 Å². The van der Waals surface area contributed by atoms with Gasteiger partial charge in [-0.15, -0.1) is 0 Å². The fourth-order valence-corrected chi connectivity index (χ4v) is 3.36. The van der Waals surface area contributed by atoms with Crippen LogP contribution in [0.5, 0.6) is 0 Å². The van der Waals surface area contributed by atoms with Crippen molar-refractivity contribution >= 4 is 11.5 Å². The van der Waals surface area contributed by atoms with E-state index in [2.05, 4.69) is 37.9 Å². The largest absolute Gasteiger partial charge is 0.356 e. The molecule has 0 aromatic carbocycles. The van der Waals surface area contributed by atoms with Crippen LogP contribution in [0, 0.1) is 6.92 Å². The van der Waals surface area contributed by atoms with Crippen molar-refractivity contribution in [1.82, 2.24) is 14.6 Å². The second kappa shape index (κ2) is 6.67. The fraction of sp³-hybridized carbons (Fsp3) is 0.667. The van der Waals surface area contributed by atoms with Crippen molar-refractivity contribution in [3.05, 3.63) is 23.5 Å². The van der Waals surface area contributed by atoms with Gasteiger partial charge in [0.25, 0.3) is 0 Å². The minimum absolute atomic E-state index is 0.517. The first-order chi connectivity index (χ1) is 10.7. The molecule has 2 aromatic rings. The van der Waals surface area contributed by atoms with Gasteiger partial charge in [-0.25, -0.2) is 9.50 Å². The Morgan fingerprint density at radius 2 is 2.00 bits per heavy atom. The maximum absolute atomic E-state index is 4.88. The van der Waals surface area contributed by atoms with Crippen LogP contribution >= 0.6 is 0 Å². The molecule has 0 aliphatic carbocycles. The van der Waals surface area contributed by atoms with Crippen LogP contribution < -0.4 is 4.90 Å². The molecule has 0 bridgehead atoms. The summed E-state index contributed by atoms with van der Waals surface area (Å²) in [4.78, 5) is 7.29. The van der Waals surface area contributed by atoms with Crippen molar-refractivity contribution in [2.24, 2.45) is 0 Å². The highest BCUT2D eigenvalue weighted by molar-refractivity contribution is 5.54. The highest BCUT2D eigenvalue weighted by atomic mass is 15.3. The number of nitrogens with zero attached hydrogens (tertiary/aromatic N) is 4.